The smallest absolute Gasteiger partial charge is 0.180 e. The number of ether oxygens (including phenoxy) is 3. The molecular weight excluding hydrogens is 322 g/mol. The zero-order chi connectivity index (χ0) is 15.9. The Balaban J connectivity index is 2.27. The molecule has 1 aliphatic heterocycles. The van der Waals surface area contributed by atoms with Crippen molar-refractivity contribution in [3.05, 3.63) is 35.4 Å². The van der Waals surface area contributed by atoms with E-state index in [1.165, 1.54) is 0 Å². The summed E-state index contributed by atoms with van der Waals surface area (Å²) in [4.78, 5) is 2.87. The first kappa shape index (κ1) is 17.1. The molecule has 1 aromatic rings. The van der Waals surface area contributed by atoms with Gasteiger partial charge in [-0.2, -0.15) is 0 Å². The third kappa shape index (κ3) is 4.12. The molecule has 1 fully saturated rings. The van der Waals surface area contributed by atoms with Crippen LogP contribution in [-0.4, -0.2) is 49.4 Å². The van der Waals surface area contributed by atoms with Crippen LogP contribution in [-0.2, 0) is 4.74 Å². The summed E-state index contributed by atoms with van der Waals surface area (Å²) in [5.41, 5.74) is 0.858. The summed E-state index contributed by atoms with van der Waals surface area (Å²) >= 11 is 11.9. The Labute approximate surface area is 141 Å². The minimum Gasteiger partial charge on any atom is -0.490 e. The molecule has 1 saturated heterocycles. The molecule has 6 heteroatoms. The van der Waals surface area contributed by atoms with Gasteiger partial charge < -0.3 is 19.1 Å². The molecule has 2 rings (SSSR count). The van der Waals surface area contributed by atoms with Gasteiger partial charge in [0.15, 0.2) is 11.5 Å². The van der Waals surface area contributed by atoms with Crippen LogP contribution in [0.25, 0.3) is 0 Å². The SMILES string of the molecule is C=CCOc1c(Cl)cc(C(=S)N2CCOCC2)cc1OCC. The summed E-state index contributed by atoms with van der Waals surface area (Å²) in [6, 6.07) is 3.70. The Morgan fingerprint density at radius 1 is 1.41 bits per heavy atom. The van der Waals surface area contributed by atoms with E-state index in [1.807, 2.05) is 19.1 Å². The van der Waals surface area contributed by atoms with Crippen molar-refractivity contribution in [3.8, 4) is 11.5 Å². The molecule has 0 aliphatic carbocycles. The largest absolute Gasteiger partial charge is 0.490 e. The first-order chi connectivity index (χ1) is 10.7. The van der Waals surface area contributed by atoms with Gasteiger partial charge in [-0.3, -0.25) is 0 Å². The topological polar surface area (TPSA) is 30.9 Å². The van der Waals surface area contributed by atoms with E-state index in [0.29, 0.717) is 42.9 Å². The van der Waals surface area contributed by atoms with Gasteiger partial charge in [0, 0.05) is 18.7 Å². The Hall–Kier alpha value is -1.30. The maximum atomic E-state index is 6.35. The van der Waals surface area contributed by atoms with Gasteiger partial charge >= 0.3 is 0 Å². The molecule has 1 heterocycles. The van der Waals surface area contributed by atoms with E-state index in [4.69, 9.17) is 38.0 Å². The van der Waals surface area contributed by atoms with Crippen LogP contribution in [0.15, 0.2) is 24.8 Å². The highest BCUT2D eigenvalue weighted by Crippen LogP contribution is 2.37. The molecule has 0 atom stereocenters. The lowest BCUT2D eigenvalue weighted by Gasteiger charge is -2.29. The van der Waals surface area contributed by atoms with Crippen molar-refractivity contribution in [2.24, 2.45) is 0 Å². The van der Waals surface area contributed by atoms with Crippen molar-refractivity contribution in [3.63, 3.8) is 0 Å². The molecule has 120 valence electrons. The van der Waals surface area contributed by atoms with Crippen molar-refractivity contribution < 1.29 is 14.2 Å². The fourth-order valence-electron chi connectivity index (χ4n) is 2.19. The van der Waals surface area contributed by atoms with E-state index in [2.05, 4.69) is 11.5 Å². The number of halogens is 1. The summed E-state index contributed by atoms with van der Waals surface area (Å²) in [5.74, 6) is 1.12. The van der Waals surface area contributed by atoms with Crippen LogP contribution in [0.2, 0.25) is 5.02 Å². The van der Waals surface area contributed by atoms with Crippen LogP contribution < -0.4 is 9.47 Å². The highest BCUT2D eigenvalue weighted by atomic mass is 35.5. The third-order valence-electron chi connectivity index (χ3n) is 3.20. The lowest BCUT2D eigenvalue weighted by atomic mass is 10.1. The Morgan fingerprint density at radius 3 is 2.77 bits per heavy atom. The molecule has 0 radical (unpaired) electrons. The van der Waals surface area contributed by atoms with Crippen LogP contribution in [0.3, 0.4) is 0 Å². The maximum absolute atomic E-state index is 6.35. The van der Waals surface area contributed by atoms with Gasteiger partial charge in [-0.15, -0.1) is 0 Å². The number of morpholine rings is 1. The van der Waals surface area contributed by atoms with Gasteiger partial charge in [-0.1, -0.05) is 36.5 Å². The molecule has 1 aliphatic rings. The van der Waals surface area contributed by atoms with E-state index in [-0.39, 0.29) is 0 Å². The standard InChI is InChI=1S/C16H20ClNO3S/c1-3-7-21-15-13(17)10-12(11-14(15)20-4-2)16(22)18-5-8-19-9-6-18/h3,10-11H,1,4-9H2,2H3. The number of nitrogens with zero attached hydrogens (tertiary/aromatic N) is 1. The first-order valence-electron chi connectivity index (χ1n) is 7.24. The molecule has 0 unspecified atom stereocenters. The summed E-state index contributed by atoms with van der Waals surface area (Å²) in [6.45, 7) is 9.39. The monoisotopic (exact) mass is 341 g/mol. The molecule has 0 N–H and O–H groups in total. The van der Waals surface area contributed by atoms with E-state index in [9.17, 15) is 0 Å². The van der Waals surface area contributed by atoms with Gasteiger partial charge in [-0.25, -0.2) is 0 Å². The average molecular weight is 342 g/mol. The van der Waals surface area contributed by atoms with Crippen molar-refractivity contribution in [1.29, 1.82) is 0 Å². The van der Waals surface area contributed by atoms with Crippen molar-refractivity contribution in [1.82, 2.24) is 4.90 Å². The number of rotatable bonds is 6. The lowest BCUT2D eigenvalue weighted by molar-refractivity contribution is 0.0693. The second-order valence-electron chi connectivity index (χ2n) is 4.72. The summed E-state index contributed by atoms with van der Waals surface area (Å²) in [5, 5.41) is 0.485. The zero-order valence-corrected chi connectivity index (χ0v) is 14.2. The number of thiocarbonyl (C=S) groups is 1. The molecular formula is C16H20ClNO3S. The van der Waals surface area contributed by atoms with E-state index in [1.54, 1.807) is 6.08 Å². The van der Waals surface area contributed by atoms with E-state index in [0.717, 1.165) is 23.6 Å². The summed E-state index contributed by atoms with van der Waals surface area (Å²) in [6.07, 6.45) is 1.67. The lowest BCUT2D eigenvalue weighted by Crippen LogP contribution is -2.40. The van der Waals surface area contributed by atoms with Gasteiger partial charge in [-0.05, 0) is 19.1 Å². The number of benzene rings is 1. The van der Waals surface area contributed by atoms with Crippen molar-refractivity contribution >= 4 is 28.8 Å². The molecule has 0 bridgehead atoms. The molecule has 0 spiro atoms. The maximum Gasteiger partial charge on any atom is 0.180 e. The average Bonchev–Trinajstić information content (AvgIpc) is 2.54. The van der Waals surface area contributed by atoms with Gasteiger partial charge in [0.1, 0.15) is 11.6 Å². The van der Waals surface area contributed by atoms with Crippen LogP contribution >= 0.6 is 23.8 Å². The number of hydrogen-bond donors (Lipinski definition) is 0. The predicted molar refractivity (Wildman–Crippen MR) is 92.4 cm³/mol. The van der Waals surface area contributed by atoms with Crippen LogP contribution in [0.5, 0.6) is 11.5 Å². The fourth-order valence-corrected chi connectivity index (χ4v) is 2.75. The second-order valence-corrected chi connectivity index (χ2v) is 5.52. The highest BCUT2D eigenvalue weighted by Gasteiger charge is 2.19. The quantitative estimate of drug-likeness (QED) is 0.585. The molecule has 0 amide bonds. The minimum atomic E-state index is 0.368. The zero-order valence-electron chi connectivity index (χ0n) is 12.6. The third-order valence-corrected chi connectivity index (χ3v) is 3.97. The van der Waals surface area contributed by atoms with Crippen LogP contribution in [0.4, 0.5) is 0 Å². The fraction of sp³-hybridized carbons (Fsp3) is 0.438. The van der Waals surface area contributed by atoms with Crippen LogP contribution in [0, 0.1) is 0 Å². The Bertz CT molecular complexity index is 544. The highest BCUT2D eigenvalue weighted by molar-refractivity contribution is 7.80. The molecule has 1 aromatic carbocycles. The summed E-state index contributed by atoms with van der Waals surface area (Å²) < 4.78 is 16.6. The summed E-state index contributed by atoms with van der Waals surface area (Å²) in [7, 11) is 0. The second kappa shape index (κ2) is 8.36. The van der Waals surface area contributed by atoms with Crippen molar-refractivity contribution in [2.75, 3.05) is 39.5 Å². The molecule has 4 nitrogen and oxygen atoms in total. The molecule has 22 heavy (non-hydrogen) atoms. The molecule has 0 saturated carbocycles. The molecule has 0 aromatic heterocycles. The van der Waals surface area contributed by atoms with E-state index < -0.39 is 0 Å². The normalized spacial score (nSPS) is 14.5. The number of hydrogen-bond acceptors (Lipinski definition) is 4. The minimum absolute atomic E-state index is 0.368. The Kier molecular flexibility index (Phi) is 6.49. The van der Waals surface area contributed by atoms with Gasteiger partial charge in [0.25, 0.3) is 0 Å². The predicted octanol–water partition coefficient (Wildman–Crippen LogP) is 3.31. The van der Waals surface area contributed by atoms with Gasteiger partial charge in [0.2, 0.25) is 0 Å². The Morgan fingerprint density at radius 2 is 2.14 bits per heavy atom. The van der Waals surface area contributed by atoms with Crippen LogP contribution in [0.1, 0.15) is 12.5 Å². The van der Waals surface area contributed by atoms with Crippen molar-refractivity contribution in [2.45, 2.75) is 6.92 Å². The van der Waals surface area contributed by atoms with Gasteiger partial charge in [0.05, 0.1) is 24.8 Å². The first-order valence-corrected chi connectivity index (χ1v) is 8.03. The van der Waals surface area contributed by atoms with E-state index >= 15 is 0 Å².